The third-order valence-corrected chi connectivity index (χ3v) is 5.49. The molecule has 0 bridgehead atoms. The van der Waals surface area contributed by atoms with Gasteiger partial charge in [0.05, 0.1) is 17.9 Å². The lowest BCUT2D eigenvalue weighted by Gasteiger charge is -2.15. The van der Waals surface area contributed by atoms with Crippen LogP contribution < -0.4 is 4.72 Å². The number of rotatable bonds is 5. The van der Waals surface area contributed by atoms with Gasteiger partial charge in [0, 0.05) is 18.3 Å². The van der Waals surface area contributed by atoms with Crippen LogP contribution in [0.3, 0.4) is 0 Å². The molecule has 3 rings (SSSR count). The van der Waals surface area contributed by atoms with Crippen LogP contribution in [0.4, 0.5) is 5.82 Å². The summed E-state index contributed by atoms with van der Waals surface area (Å²) in [5, 5.41) is 8.58. The Hall–Kier alpha value is -1.83. The van der Waals surface area contributed by atoms with Crippen molar-refractivity contribution in [3.8, 4) is 0 Å². The largest absolute Gasteiger partial charge is 0.269 e. The maximum absolute atomic E-state index is 12.6. The molecule has 0 radical (unpaired) electrons. The number of nitrogens with zero attached hydrogens (tertiary/aromatic N) is 4. The van der Waals surface area contributed by atoms with E-state index in [0.717, 1.165) is 31.4 Å². The van der Waals surface area contributed by atoms with Crippen molar-refractivity contribution in [3.05, 3.63) is 24.2 Å². The van der Waals surface area contributed by atoms with Crippen molar-refractivity contribution in [1.82, 2.24) is 19.6 Å². The fourth-order valence-electron chi connectivity index (χ4n) is 2.96. The molecule has 0 amide bonds. The normalized spacial score (nSPS) is 16.3. The number of aryl methyl sites for hydroxylation is 1. The van der Waals surface area contributed by atoms with E-state index in [0.29, 0.717) is 5.82 Å². The van der Waals surface area contributed by atoms with Crippen LogP contribution in [0.25, 0.3) is 0 Å². The van der Waals surface area contributed by atoms with Crippen molar-refractivity contribution >= 4 is 15.8 Å². The standard InChI is InChI=1S/C15H23N5O2S/c1-11(2)19-10-14(9-16-19)23(21,22)18-15-8-12(3)17-20(15)13-6-4-5-7-13/h8-11,13,18H,4-7H2,1-3H3. The minimum Gasteiger partial charge on any atom is -0.269 e. The van der Waals surface area contributed by atoms with Crippen LogP contribution in [-0.4, -0.2) is 28.0 Å². The van der Waals surface area contributed by atoms with Crippen LogP contribution in [0, 0.1) is 6.92 Å². The van der Waals surface area contributed by atoms with E-state index in [1.807, 2.05) is 25.5 Å². The Kier molecular flexibility index (Phi) is 4.18. The molecule has 0 unspecified atom stereocenters. The van der Waals surface area contributed by atoms with Crippen molar-refractivity contribution in [1.29, 1.82) is 0 Å². The minimum atomic E-state index is -3.66. The van der Waals surface area contributed by atoms with Gasteiger partial charge >= 0.3 is 0 Å². The molecule has 23 heavy (non-hydrogen) atoms. The molecule has 7 nitrogen and oxygen atoms in total. The molecule has 2 heterocycles. The summed E-state index contributed by atoms with van der Waals surface area (Å²) >= 11 is 0. The van der Waals surface area contributed by atoms with Gasteiger partial charge in [-0.2, -0.15) is 10.2 Å². The van der Waals surface area contributed by atoms with Crippen molar-refractivity contribution < 1.29 is 8.42 Å². The van der Waals surface area contributed by atoms with E-state index < -0.39 is 10.0 Å². The summed E-state index contributed by atoms with van der Waals surface area (Å²) in [6, 6.07) is 2.17. The lowest BCUT2D eigenvalue weighted by atomic mass is 10.2. The van der Waals surface area contributed by atoms with Crippen molar-refractivity contribution in [2.75, 3.05) is 4.72 Å². The first-order valence-electron chi connectivity index (χ1n) is 8.00. The average molecular weight is 337 g/mol. The SMILES string of the molecule is Cc1cc(NS(=O)(=O)c2cnn(C(C)C)c2)n(C2CCCC2)n1. The average Bonchev–Trinajstić information content (AvgIpc) is 3.17. The molecule has 2 aromatic heterocycles. The highest BCUT2D eigenvalue weighted by molar-refractivity contribution is 7.92. The highest BCUT2D eigenvalue weighted by Crippen LogP contribution is 2.32. The summed E-state index contributed by atoms with van der Waals surface area (Å²) in [6.07, 6.45) is 7.34. The molecule has 1 fully saturated rings. The van der Waals surface area contributed by atoms with Crippen LogP contribution in [0.2, 0.25) is 0 Å². The molecule has 1 saturated carbocycles. The van der Waals surface area contributed by atoms with E-state index >= 15 is 0 Å². The lowest BCUT2D eigenvalue weighted by molar-refractivity contribution is 0.471. The fourth-order valence-corrected chi connectivity index (χ4v) is 3.94. The summed E-state index contributed by atoms with van der Waals surface area (Å²) in [7, 11) is -3.66. The Morgan fingerprint density at radius 3 is 2.61 bits per heavy atom. The second-order valence-corrected chi connectivity index (χ2v) is 8.09. The van der Waals surface area contributed by atoms with E-state index in [1.165, 1.54) is 6.20 Å². The molecule has 1 aliphatic rings. The van der Waals surface area contributed by atoms with Gasteiger partial charge in [0.25, 0.3) is 10.0 Å². The molecule has 2 aromatic rings. The Balaban J connectivity index is 1.88. The van der Waals surface area contributed by atoms with Gasteiger partial charge in [-0.3, -0.25) is 9.40 Å². The van der Waals surface area contributed by atoms with E-state index in [4.69, 9.17) is 0 Å². The molecule has 1 N–H and O–H groups in total. The summed E-state index contributed by atoms with van der Waals surface area (Å²) < 4.78 is 31.3. The van der Waals surface area contributed by atoms with Crippen molar-refractivity contribution in [2.24, 2.45) is 0 Å². The smallest absolute Gasteiger partial charge is 0.266 e. The highest BCUT2D eigenvalue weighted by Gasteiger charge is 2.24. The molecule has 0 spiro atoms. The topological polar surface area (TPSA) is 81.8 Å². The van der Waals surface area contributed by atoms with Crippen LogP contribution in [-0.2, 0) is 10.0 Å². The summed E-state index contributed by atoms with van der Waals surface area (Å²) in [6.45, 7) is 5.78. The van der Waals surface area contributed by atoms with E-state index in [1.54, 1.807) is 16.9 Å². The maximum Gasteiger partial charge on any atom is 0.266 e. The van der Waals surface area contributed by atoms with Gasteiger partial charge in [-0.05, 0) is 33.6 Å². The maximum atomic E-state index is 12.6. The predicted octanol–water partition coefficient (Wildman–Crippen LogP) is 2.88. The van der Waals surface area contributed by atoms with Crippen LogP contribution >= 0.6 is 0 Å². The van der Waals surface area contributed by atoms with Crippen LogP contribution in [0.5, 0.6) is 0 Å². The highest BCUT2D eigenvalue weighted by atomic mass is 32.2. The minimum absolute atomic E-state index is 0.116. The van der Waals surface area contributed by atoms with Gasteiger partial charge in [-0.1, -0.05) is 12.8 Å². The Labute approximate surface area is 136 Å². The number of hydrogen-bond acceptors (Lipinski definition) is 4. The van der Waals surface area contributed by atoms with E-state index in [9.17, 15) is 8.42 Å². The molecule has 0 saturated heterocycles. The van der Waals surface area contributed by atoms with Gasteiger partial charge in [-0.25, -0.2) is 13.1 Å². The summed E-state index contributed by atoms with van der Waals surface area (Å²) in [4.78, 5) is 0.169. The molecule has 0 atom stereocenters. The number of hydrogen-bond donors (Lipinski definition) is 1. The molecular formula is C15H23N5O2S. The molecule has 1 aliphatic carbocycles. The molecule has 0 aromatic carbocycles. The zero-order valence-corrected chi connectivity index (χ0v) is 14.5. The zero-order chi connectivity index (χ0) is 16.6. The van der Waals surface area contributed by atoms with Gasteiger partial charge in [0.1, 0.15) is 10.7 Å². The number of anilines is 1. The molecule has 126 valence electrons. The number of sulfonamides is 1. The van der Waals surface area contributed by atoms with Gasteiger partial charge in [0.2, 0.25) is 0 Å². The summed E-state index contributed by atoms with van der Waals surface area (Å²) in [5.41, 5.74) is 0.812. The Bertz CT molecular complexity index is 785. The number of nitrogens with one attached hydrogen (secondary N) is 1. The van der Waals surface area contributed by atoms with Gasteiger partial charge < -0.3 is 0 Å². The van der Waals surface area contributed by atoms with Gasteiger partial charge in [0.15, 0.2) is 0 Å². The first kappa shape index (κ1) is 16.0. The Morgan fingerprint density at radius 2 is 2.00 bits per heavy atom. The third kappa shape index (κ3) is 3.26. The van der Waals surface area contributed by atoms with Crippen molar-refractivity contribution in [2.45, 2.75) is 63.4 Å². The van der Waals surface area contributed by atoms with Crippen molar-refractivity contribution in [3.63, 3.8) is 0 Å². The predicted molar refractivity (Wildman–Crippen MR) is 87.9 cm³/mol. The lowest BCUT2D eigenvalue weighted by Crippen LogP contribution is -2.18. The zero-order valence-electron chi connectivity index (χ0n) is 13.7. The van der Waals surface area contributed by atoms with Crippen LogP contribution in [0.15, 0.2) is 23.4 Å². The van der Waals surface area contributed by atoms with Crippen LogP contribution in [0.1, 0.15) is 57.3 Å². The van der Waals surface area contributed by atoms with E-state index in [2.05, 4.69) is 14.9 Å². The third-order valence-electron chi connectivity index (χ3n) is 4.18. The summed E-state index contributed by atoms with van der Waals surface area (Å²) in [5.74, 6) is 0.534. The first-order valence-corrected chi connectivity index (χ1v) is 9.48. The second kappa shape index (κ2) is 5.99. The first-order chi connectivity index (χ1) is 10.9. The quantitative estimate of drug-likeness (QED) is 0.909. The fraction of sp³-hybridized carbons (Fsp3) is 0.600. The molecule has 8 heteroatoms. The number of aromatic nitrogens is 4. The second-order valence-electron chi connectivity index (χ2n) is 6.41. The monoisotopic (exact) mass is 337 g/mol. The van der Waals surface area contributed by atoms with Gasteiger partial charge in [-0.15, -0.1) is 0 Å². The molecular weight excluding hydrogens is 314 g/mol. The molecule has 0 aliphatic heterocycles. The van der Waals surface area contributed by atoms with E-state index in [-0.39, 0.29) is 17.0 Å². The Morgan fingerprint density at radius 1 is 1.30 bits per heavy atom.